The van der Waals surface area contributed by atoms with Gasteiger partial charge in [0.25, 0.3) is 5.91 Å². The summed E-state index contributed by atoms with van der Waals surface area (Å²) in [6, 6.07) is 3.80. The van der Waals surface area contributed by atoms with Crippen LogP contribution in [0.1, 0.15) is 12.8 Å². The van der Waals surface area contributed by atoms with Crippen LogP contribution in [0.15, 0.2) is 24.3 Å². The highest BCUT2D eigenvalue weighted by atomic mass is 19.1. The molecule has 6 nitrogen and oxygen atoms in total. The Morgan fingerprint density at radius 3 is 2.59 bits per heavy atom. The zero-order valence-electron chi connectivity index (χ0n) is 12.0. The third-order valence-electron chi connectivity index (χ3n) is 4.13. The van der Waals surface area contributed by atoms with Crippen molar-refractivity contribution in [2.24, 2.45) is 5.92 Å². The van der Waals surface area contributed by atoms with E-state index in [-0.39, 0.29) is 0 Å². The highest BCUT2D eigenvalue weighted by Crippen LogP contribution is 2.34. The fourth-order valence-electron chi connectivity index (χ4n) is 3.10. The van der Waals surface area contributed by atoms with Crippen LogP contribution < -0.4 is 4.90 Å². The second-order valence-corrected chi connectivity index (χ2v) is 5.34. The normalized spacial score (nSPS) is 24.5. The number of piperidine rings is 1. The molecule has 2 saturated heterocycles. The lowest BCUT2D eigenvalue weighted by Gasteiger charge is -2.31. The van der Waals surface area contributed by atoms with Gasteiger partial charge in [-0.25, -0.2) is 14.1 Å². The van der Waals surface area contributed by atoms with Gasteiger partial charge < -0.3 is 9.64 Å². The number of benzene rings is 1. The summed E-state index contributed by atoms with van der Waals surface area (Å²) >= 11 is 0. The SMILES string of the molecule is COC(=O)[C@@H]1CCCN2C(=O)N(c3ccc(F)cc3)C(=O)[C@H]12. The number of ether oxygens (including phenoxy) is 1. The van der Waals surface area contributed by atoms with Crippen LogP contribution >= 0.6 is 0 Å². The summed E-state index contributed by atoms with van der Waals surface area (Å²) < 4.78 is 17.8. The van der Waals surface area contributed by atoms with E-state index >= 15 is 0 Å². The van der Waals surface area contributed by atoms with Gasteiger partial charge in [0.15, 0.2) is 0 Å². The maximum atomic E-state index is 13.0. The number of methoxy groups -OCH3 is 1. The number of urea groups is 1. The largest absolute Gasteiger partial charge is 0.469 e. The number of esters is 1. The molecule has 0 N–H and O–H groups in total. The van der Waals surface area contributed by atoms with Crippen molar-refractivity contribution in [3.8, 4) is 0 Å². The Balaban J connectivity index is 1.95. The van der Waals surface area contributed by atoms with Crippen LogP contribution in [0.5, 0.6) is 0 Å². The summed E-state index contributed by atoms with van der Waals surface area (Å²) in [7, 11) is 1.26. The fourth-order valence-corrected chi connectivity index (χ4v) is 3.10. The molecule has 116 valence electrons. The van der Waals surface area contributed by atoms with Gasteiger partial charge in [-0.15, -0.1) is 0 Å². The summed E-state index contributed by atoms with van der Waals surface area (Å²) in [5.41, 5.74) is 0.300. The van der Waals surface area contributed by atoms with Crippen molar-refractivity contribution >= 4 is 23.6 Å². The lowest BCUT2D eigenvalue weighted by atomic mass is 9.89. The molecular formula is C15H15FN2O4. The molecular weight excluding hydrogens is 291 g/mol. The summed E-state index contributed by atoms with van der Waals surface area (Å²) in [4.78, 5) is 39.4. The lowest BCUT2D eigenvalue weighted by Crippen LogP contribution is -2.48. The number of hydrogen-bond acceptors (Lipinski definition) is 4. The number of rotatable bonds is 2. The number of amides is 3. The van der Waals surface area contributed by atoms with Crippen molar-refractivity contribution in [2.45, 2.75) is 18.9 Å². The van der Waals surface area contributed by atoms with E-state index in [0.29, 0.717) is 25.1 Å². The molecule has 2 fully saturated rings. The second kappa shape index (κ2) is 5.40. The topological polar surface area (TPSA) is 66.9 Å². The molecule has 2 aliphatic heterocycles. The number of fused-ring (bicyclic) bond motifs is 1. The fraction of sp³-hybridized carbons (Fsp3) is 0.400. The van der Waals surface area contributed by atoms with Crippen LogP contribution in [0.4, 0.5) is 14.9 Å². The Morgan fingerprint density at radius 2 is 1.95 bits per heavy atom. The molecule has 2 aliphatic rings. The van der Waals surface area contributed by atoms with Crippen LogP contribution in [-0.2, 0) is 14.3 Å². The first-order valence-corrected chi connectivity index (χ1v) is 7.02. The molecule has 0 aromatic heterocycles. The summed E-state index contributed by atoms with van der Waals surface area (Å²) in [5, 5.41) is 0. The molecule has 2 heterocycles. The number of carbonyl (C=O) groups excluding carboxylic acids is 3. The van der Waals surface area contributed by atoms with Gasteiger partial charge in [-0.3, -0.25) is 9.59 Å². The van der Waals surface area contributed by atoms with Crippen LogP contribution in [0.25, 0.3) is 0 Å². The van der Waals surface area contributed by atoms with E-state index in [4.69, 9.17) is 4.74 Å². The first-order valence-electron chi connectivity index (χ1n) is 7.02. The van der Waals surface area contributed by atoms with E-state index in [1.54, 1.807) is 0 Å². The Bertz CT molecular complexity index is 631. The Kier molecular flexibility index (Phi) is 3.56. The molecule has 7 heteroatoms. The molecule has 3 rings (SSSR count). The highest BCUT2D eigenvalue weighted by molar-refractivity contribution is 6.22. The maximum Gasteiger partial charge on any atom is 0.332 e. The van der Waals surface area contributed by atoms with Gasteiger partial charge in [-0.2, -0.15) is 0 Å². The van der Waals surface area contributed by atoms with Crippen molar-refractivity contribution in [1.29, 1.82) is 0 Å². The Morgan fingerprint density at radius 1 is 1.27 bits per heavy atom. The molecule has 0 radical (unpaired) electrons. The minimum absolute atomic E-state index is 0.300. The van der Waals surface area contributed by atoms with Gasteiger partial charge in [-0.1, -0.05) is 0 Å². The molecule has 0 unspecified atom stereocenters. The van der Waals surface area contributed by atoms with E-state index in [0.717, 1.165) is 4.90 Å². The van der Waals surface area contributed by atoms with Crippen LogP contribution in [-0.4, -0.2) is 42.5 Å². The molecule has 0 bridgehead atoms. The highest BCUT2D eigenvalue weighted by Gasteiger charge is 2.53. The minimum atomic E-state index is -0.834. The van der Waals surface area contributed by atoms with Crippen molar-refractivity contribution in [3.05, 3.63) is 30.1 Å². The average molecular weight is 306 g/mol. The number of hydrogen-bond donors (Lipinski definition) is 0. The zero-order valence-corrected chi connectivity index (χ0v) is 12.0. The average Bonchev–Trinajstić information content (AvgIpc) is 2.79. The van der Waals surface area contributed by atoms with Crippen molar-refractivity contribution in [3.63, 3.8) is 0 Å². The van der Waals surface area contributed by atoms with Crippen LogP contribution in [0, 0.1) is 11.7 Å². The molecule has 22 heavy (non-hydrogen) atoms. The van der Waals surface area contributed by atoms with Gasteiger partial charge in [0.1, 0.15) is 11.9 Å². The maximum absolute atomic E-state index is 13.0. The first kappa shape index (κ1) is 14.5. The first-order chi connectivity index (χ1) is 10.5. The molecule has 0 spiro atoms. The molecule has 0 saturated carbocycles. The summed E-state index contributed by atoms with van der Waals surface area (Å²) in [6.07, 6.45) is 1.14. The Labute approximate surface area is 126 Å². The van der Waals surface area contributed by atoms with Gasteiger partial charge in [0, 0.05) is 6.54 Å². The van der Waals surface area contributed by atoms with Gasteiger partial charge >= 0.3 is 12.0 Å². The van der Waals surface area contributed by atoms with Gasteiger partial charge in [-0.05, 0) is 37.1 Å². The zero-order chi connectivity index (χ0) is 15.9. The smallest absolute Gasteiger partial charge is 0.332 e. The quantitative estimate of drug-likeness (QED) is 0.614. The van der Waals surface area contributed by atoms with Gasteiger partial charge in [0.05, 0.1) is 18.7 Å². The molecule has 2 atom stereocenters. The predicted octanol–water partition coefficient (Wildman–Crippen LogP) is 1.55. The second-order valence-electron chi connectivity index (χ2n) is 5.34. The number of anilines is 1. The van der Waals surface area contributed by atoms with E-state index in [9.17, 15) is 18.8 Å². The third-order valence-corrected chi connectivity index (χ3v) is 4.13. The van der Waals surface area contributed by atoms with E-state index in [1.807, 2.05) is 0 Å². The third kappa shape index (κ3) is 2.13. The summed E-state index contributed by atoms with van der Waals surface area (Å²) in [5.74, 6) is -2.06. The molecule has 1 aromatic carbocycles. The van der Waals surface area contributed by atoms with Crippen molar-refractivity contribution < 1.29 is 23.5 Å². The van der Waals surface area contributed by atoms with Gasteiger partial charge in [0.2, 0.25) is 0 Å². The van der Waals surface area contributed by atoms with E-state index in [1.165, 1.54) is 36.3 Å². The van der Waals surface area contributed by atoms with E-state index < -0.39 is 35.7 Å². The molecule has 1 aromatic rings. The lowest BCUT2D eigenvalue weighted by molar-refractivity contribution is -0.150. The monoisotopic (exact) mass is 306 g/mol. The van der Waals surface area contributed by atoms with E-state index in [2.05, 4.69) is 0 Å². The predicted molar refractivity (Wildman–Crippen MR) is 74.5 cm³/mol. The number of carbonyl (C=O) groups is 3. The van der Waals surface area contributed by atoms with Crippen molar-refractivity contribution in [1.82, 2.24) is 4.90 Å². The van der Waals surface area contributed by atoms with Crippen molar-refractivity contribution in [2.75, 3.05) is 18.6 Å². The standard InChI is InChI=1S/C15H15FN2O4/c1-22-14(20)11-3-2-8-17-12(11)13(19)18(15(17)21)10-6-4-9(16)5-7-10/h4-7,11-12H,2-3,8H2,1H3/t11-,12+/m1/s1. The summed E-state index contributed by atoms with van der Waals surface area (Å²) in [6.45, 7) is 0.417. The minimum Gasteiger partial charge on any atom is -0.469 e. The number of nitrogens with zero attached hydrogens (tertiary/aromatic N) is 2. The Hall–Kier alpha value is -2.44. The number of halogens is 1. The molecule has 3 amide bonds. The van der Waals surface area contributed by atoms with Crippen LogP contribution in [0.3, 0.4) is 0 Å². The number of imide groups is 1. The molecule has 0 aliphatic carbocycles. The van der Waals surface area contributed by atoms with Crippen LogP contribution in [0.2, 0.25) is 0 Å².